The van der Waals surface area contributed by atoms with Gasteiger partial charge in [0.25, 0.3) is 0 Å². The largest absolute Gasteiger partial charge is 0.472 e. The molecule has 17 heavy (non-hydrogen) atoms. The summed E-state index contributed by atoms with van der Waals surface area (Å²) in [6.45, 7) is 6.61. The van der Waals surface area contributed by atoms with Crippen molar-refractivity contribution >= 4 is 7.82 Å². The molecule has 1 atom stereocenters. The summed E-state index contributed by atoms with van der Waals surface area (Å²) in [6, 6.07) is 0. The predicted octanol–water partition coefficient (Wildman–Crippen LogP) is 2.30. The minimum absolute atomic E-state index is 0.155. The third kappa shape index (κ3) is 6.64. The van der Waals surface area contributed by atoms with Gasteiger partial charge in [-0.2, -0.15) is 0 Å². The first kappa shape index (κ1) is 14.5. The van der Waals surface area contributed by atoms with Gasteiger partial charge in [0.05, 0.1) is 12.2 Å². The van der Waals surface area contributed by atoms with Crippen molar-refractivity contribution in [3.05, 3.63) is 24.4 Å². The van der Waals surface area contributed by atoms with Crippen LogP contribution in [0.3, 0.4) is 0 Å². The van der Waals surface area contributed by atoms with Crippen LogP contribution in [0, 0.1) is 0 Å². The van der Waals surface area contributed by atoms with Crippen LogP contribution >= 0.6 is 7.82 Å². The molecule has 0 bridgehead atoms. The van der Waals surface area contributed by atoms with Gasteiger partial charge < -0.3 is 9.79 Å². The van der Waals surface area contributed by atoms with Crippen LogP contribution in [0.4, 0.5) is 0 Å². The molecular formula is C11H20NO4P. The maximum absolute atomic E-state index is 11.5. The first-order valence-corrected chi connectivity index (χ1v) is 7.03. The summed E-state index contributed by atoms with van der Waals surface area (Å²) in [4.78, 5) is 11.4. The Morgan fingerprint density at radius 2 is 2.12 bits per heavy atom. The number of allylic oxidation sites excluding steroid dienone is 2. The second kappa shape index (κ2) is 5.83. The highest BCUT2D eigenvalue weighted by atomic mass is 31.2. The van der Waals surface area contributed by atoms with E-state index in [1.165, 1.54) is 0 Å². The van der Waals surface area contributed by atoms with Gasteiger partial charge in [-0.25, -0.2) is 4.57 Å². The van der Waals surface area contributed by atoms with Crippen molar-refractivity contribution in [2.75, 3.05) is 19.7 Å². The van der Waals surface area contributed by atoms with Crippen LogP contribution in [0.25, 0.3) is 0 Å². The maximum Gasteiger partial charge on any atom is 0.472 e. The van der Waals surface area contributed by atoms with Crippen molar-refractivity contribution in [1.82, 2.24) is 4.90 Å². The average molecular weight is 261 g/mol. The number of nitrogens with zero attached hydrogens (tertiary/aromatic N) is 1. The molecule has 0 radical (unpaired) electrons. The molecule has 1 N–H and O–H groups in total. The molecule has 1 heterocycles. The summed E-state index contributed by atoms with van der Waals surface area (Å²) in [5.74, 6) is 0. The fourth-order valence-electron chi connectivity index (χ4n) is 1.32. The minimum Gasteiger partial charge on any atom is -0.371 e. The molecule has 98 valence electrons. The fraction of sp³-hybridized carbons (Fsp3) is 0.636. The van der Waals surface area contributed by atoms with Gasteiger partial charge in [-0.05, 0) is 33.0 Å². The van der Waals surface area contributed by atoms with Gasteiger partial charge in [0.15, 0.2) is 0 Å². The molecule has 1 unspecified atom stereocenters. The van der Waals surface area contributed by atoms with Crippen LogP contribution in [0.1, 0.15) is 20.8 Å². The topological polar surface area (TPSA) is 59.0 Å². The summed E-state index contributed by atoms with van der Waals surface area (Å²) in [6.07, 6.45) is 7.78. The third-order valence-electron chi connectivity index (χ3n) is 1.91. The average Bonchev–Trinajstić information content (AvgIpc) is 2.15. The third-order valence-corrected chi connectivity index (χ3v) is 3.19. The van der Waals surface area contributed by atoms with Crippen LogP contribution in [0.5, 0.6) is 0 Å². The van der Waals surface area contributed by atoms with Crippen molar-refractivity contribution < 1.29 is 18.5 Å². The van der Waals surface area contributed by atoms with Crippen molar-refractivity contribution in [1.29, 1.82) is 0 Å². The van der Waals surface area contributed by atoms with E-state index in [2.05, 4.69) is 0 Å². The van der Waals surface area contributed by atoms with Crippen LogP contribution in [-0.2, 0) is 13.6 Å². The number of phosphoric acid groups is 1. The van der Waals surface area contributed by atoms with Gasteiger partial charge in [-0.3, -0.25) is 9.05 Å². The Balaban J connectivity index is 2.28. The zero-order chi connectivity index (χ0) is 12.9. The highest BCUT2D eigenvalue weighted by Crippen LogP contribution is 2.46. The zero-order valence-corrected chi connectivity index (χ0v) is 11.4. The molecule has 6 heteroatoms. The number of hydrogen-bond donors (Lipinski definition) is 1. The normalized spacial score (nSPS) is 19.4. The van der Waals surface area contributed by atoms with E-state index in [1.54, 1.807) is 20.8 Å². The molecule has 0 amide bonds. The highest BCUT2D eigenvalue weighted by molar-refractivity contribution is 7.47. The zero-order valence-electron chi connectivity index (χ0n) is 10.5. The molecule has 0 aromatic rings. The van der Waals surface area contributed by atoms with Gasteiger partial charge in [0.2, 0.25) is 0 Å². The molecule has 0 saturated carbocycles. The molecule has 0 aromatic heterocycles. The highest BCUT2D eigenvalue weighted by Gasteiger charge is 2.28. The molecule has 0 spiro atoms. The number of phosphoric ester groups is 1. The number of hydrogen-bond acceptors (Lipinski definition) is 4. The lowest BCUT2D eigenvalue weighted by molar-refractivity contribution is 0.0595. The summed E-state index contributed by atoms with van der Waals surface area (Å²) in [5.41, 5.74) is -0.696. The SMILES string of the molecule is CC(C)(C)OP(=O)(O)OCCN1C=CC=CC1. The van der Waals surface area contributed by atoms with Crippen LogP contribution < -0.4 is 0 Å². The van der Waals surface area contributed by atoms with Gasteiger partial charge >= 0.3 is 7.82 Å². The Bertz CT molecular complexity index is 346. The lowest BCUT2D eigenvalue weighted by atomic mass is 10.2. The van der Waals surface area contributed by atoms with Crippen molar-refractivity contribution in [2.24, 2.45) is 0 Å². The van der Waals surface area contributed by atoms with Gasteiger partial charge in [-0.1, -0.05) is 12.2 Å². The Kier molecular flexibility index (Phi) is 4.95. The molecule has 0 saturated heterocycles. The molecule has 0 aromatic carbocycles. The van der Waals surface area contributed by atoms with Crippen LogP contribution in [0.15, 0.2) is 24.4 Å². The minimum atomic E-state index is -3.95. The van der Waals surface area contributed by atoms with Crippen molar-refractivity contribution in [3.63, 3.8) is 0 Å². The maximum atomic E-state index is 11.5. The smallest absolute Gasteiger partial charge is 0.371 e. The lowest BCUT2D eigenvalue weighted by Gasteiger charge is -2.24. The Morgan fingerprint density at radius 3 is 2.65 bits per heavy atom. The van der Waals surface area contributed by atoms with Gasteiger partial charge in [-0.15, -0.1) is 0 Å². The van der Waals surface area contributed by atoms with E-state index in [1.807, 2.05) is 29.3 Å². The molecule has 1 aliphatic heterocycles. The van der Waals surface area contributed by atoms with E-state index in [0.29, 0.717) is 6.54 Å². The lowest BCUT2D eigenvalue weighted by Crippen LogP contribution is -2.24. The van der Waals surface area contributed by atoms with Gasteiger partial charge in [0, 0.05) is 13.1 Å². The fourth-order valence-corrected chi connectivity index (χ4v) is 2.38. The van der Waals surface area contributed by atoms with E-state index in [9.17, 15) is 9.46 Å². The molecule has 1 aliphatic rings. The first-order valence-electron chi connectivity index (χ1n) is 5.54. The molecule has 0 aliphatic carbocycles. The van der Waals surface area contributed by atoms with Crippen LogP contribution in [0.2, 0.25) is 0 Å². The molecule has 1 rings (SSSR count). The molecule has 0 fully saturated rings. The summed E-state index contributed by atoms with van der Waals surface area (Å²) >= 11 is 0. The Labute approximate surface area is 102 Å². The molecular weight excluding hydrogens is 241 g/mol. The van der Waals surface area contributed by atoms with E-state index >= 15 is 0 Å². The summed E-state index contributed by atoms with van der Waals surface area (Å²) < 4.78 is 21.4. The monoisotopic (exact) mass is 261 g/mol. The molecule has 5 nitrogen and oxygen atoms in total. The second-order valence-corrected chi connectivity index (χ2v) is 6.15. The van der Waals surface area contributed by atoms with Crippen LogP contribution in [-0.4, -0.2) is 35.1 Å². The van der Waals surface area contributed by atoms with E-state index in [4.69, 9.17) is 9.05 Å². The van der Waals surface area contributed by atoms with E-state index in [0.717, 1.165) is 6.54 Å². The number of rotatable bonds is 5. The standard InChI is InChI=1S/C11H20NO4P/c1-11(2,3)16-17(13,14)15-10-9-12-7-5-4-6-8-12/h4-7H,8-10H2,1-3H3,(H,13,14). The van der Waals surface area contributed by atoms with Crippen molar-refractivity contribution in [2.45, 2.75) is 26.4 Å². The second-order valence-electron chi connectivity index (χ2n) is 4.77. The predicted molar refractivity (Wildman–Crippen MR) is 66.5 cm³/mol. The van der Waals surface area contributed by atoms with Gasteiger partial charge in [0.1, 0.15) is 0 Å². The summed E-state index contributed by atoms with van der Waals surface area (Å²) in [7, 11) is -3.95. The Hall–Kier alpha value is -0.610. The first-order chi connectivity index (χ1) is 7.79. The van der Waals surface area contributed by atoms with E-state index in [-0.39, 0.29) is 6.61 Å². The van der Waals surface area contributed by atoms with Crippen molar-refractivity contribution in [3.8, 4) is 0 Å². The quantitative estimate of drug-likeness (QED) is 0.769. The Morgan fingerprint density at radius 1 is 1.41 bits per heavy atom. The van der Waals surface area contributed by atoms with E-state index < -0.39 is 13.4 Å². The summed E-state index contributed by atoms with van der Waals surface area (Å²) in [5, 5.41) is 0.